The fraction of sp³-hybridized carbons (Fsp3) is 0.297. The van der Waals surface area contributed by atoms with Gasteiger partial charge in [0.25, 0.3) is 10.0 Å². The standard InChI is InChI=1S/C37H40FN3O6S/c1-3-4-19-39-37(43)33(23-28-10-6-5-7-11-28)40(25-29-12-8-9-27(2)22-29)36(42)26-41(31-15-13-30(38)14-16-31)48(44,45)32-17-18-34-35(24-32)47-21-20-46-34/h5-18,22,24,33H,3-4,19-21,23,25-26H2,1-2H3,(H,39,43)/t33-/m0/s1. The Morgan fingerprint density at radius 2 is 1.58 bits per heavy atom. The molecule has 252 valence electrons. The Hall–Kier alpha value is -4.90. The van der Waals surface area contributed by atoms with E-state index in [4.69, 9.17) is 9.47 Å². The molecule has 1 aliphatic heterocycles. The number of hydrogen-bond donors (Lipinski definition) is 1. The van der Waals surface area contributed by atoms with E-state index < -0.39 is 34.3 Å². The summed E-state index contributed by atoms with van der Waals surface area (Å²) in [4.78, 5) is 29.8. The summed E-state index contributed by atoms with van der Waals surface area (Å²) in [5.74, 6) is -0.827. The molecule has 0 unspecified atom stereocenters. The van der Waals surface area contributed by atoms with E-state index in [1.807, 2.05) is 68.4 Å². The number of ether oxygens (including phenoxy) is 2. The van der Waals surface area contributed by atoms with Crippen LogP contribution in [0, 0.1) is 12.7 Å². The third-order valence-electron chi connectivity index (χ3n) is 8.03. The number of carbonyl (C=O) groups is 2. The molecule has 9 nitrogen and oxygen atoms in total. The Labute approximate surface area is 281 Å². The van der Waals surface area contributed by atoms with Crippen LogP contribution in [0.25, 0.3) is 0 Å². The van der Waals surface area contributed by atoms with Crippen molar-refractivity contribution >= 4 is 27.5 Å². The first-order chi connectivity index (χ1) is 23.2. The molecule has 0 radical (unpaired) electrons. The summed E-state index contributed by atoms with van der Waals surface area (Å²) in [6.07, 6.45) is 1.85. The Balaban J connectivity index is 1.56. The predicted octanol–water partition coefficient (Wildman–Crippen LogP) is 5.66. The van der Waals surface area contributed by atoms with Gasteiger partial charge in [-0.3, -0.25) is 13.9 Å². The summed E-state index contributed by atoms with van der Waals surface area (Å²) in [7, 11) is -4.40. The highest BCUT2D eigenvalue weighted by molar-refractivity contribution is 7.92. The maximum absolute atomic E-state index is 14.6. The van der Waals surface area contributed by atoms with E-state index in [-0.39, 0.29) is 41.8 Å². The summed E-state index contributed by atoms with van der Waals surface area (Å²) < 4.78 is 54.8. The molecule has 11 heteroatoms. The summed E-state index contributed by atoms with van der Waals surface area (Å²) in [5, 5.41) is 2.98. The van der Waals surface area contributed by atoms with Gasteiger partial charge in [-0.2, -0.15) is 0 Å². The first kappa shape index (κ1) is 34.4. The van der Waals surface area contributed by atoms with Crippen molar-refractivity contribution in [1.29, 1.82) is 0 Å². The minimum Gasteiger partial charge on any atom is -0.486 e. The van der Waals surface area contributed by atoms with Crippen molar-refractivity contribution in [3.05, 3.63) is 120 Å². The number of unbranched alkanes of at least 4 members (excludes halogenated alkanes) is 1. The molecule has 0 bridgehead atoms. The largest absolute Gasteiger partial charge is 0.486 e. The van der Waals surface area contributed by atoms with Crippen LogP contribution in [0.3, 0.4) is 0 Å². The minimum absolute atomic E-state index is 0.0561. The molecule has 5 rings (SSSR count). The summed E-state index contributed by atoms with van der Waals surface area (Å²) >= 11 is 0. The van der Waals surface area contributed by atoms with Gasteiger partial charge in [0.2, 0.25) is 11.8 Å². The zero-order valence-corrected chi connectivity index (χ0v) is 27.9. The molecular weight excluding hydrogens is 633 g/mol. The number of nitrogens with zero attached hydrogens (tertiary/aromatic N) is 2. The van der Waals surface area contributed by atoms with Crippen molar-refractivity contribution in [2.75, 3.05) is 30.6 Å². The Bertz CT molecular complexity index is 1820. The first-order valence-corrected chi connectivity index (χ1v) is 17.4. The van der Waals surface area contributed by atoms with Gasteiger partial charge in [-0.1, -0.05) is 73.5 Å². The number of hydrogen-bond acceptors (Lipinski definition) is 6. The molecule has 1 atom stereocenters. The molecule has 4 aromatic carbocycles. The van der Waals surface area contributed by atoms with E-state index >= 15 is 0 Å². The third-order valence-corrected chi connectivity index (χ3v) is 9.80. The number of nitrogens with one attached hydrogen (secondary N) is 1. The van der Waals surface area contributed by atoms with Crippen LogP contribution < -0.4 is 19.1 Å². The lowest BCUT2D eigenvalue weighted by Crippen LogP contribution is -2.53. The number of carbonyl (C=O) groups excluding carboxylic acids is 2. The van der Waals surface area contributed by atoms with Crippen LogP contribution in [0.4, 0.5) is 10.1 Å². The number of aryl methyl sites for hydroxylation is 1. The maximum Gasteiger partial charge on any atom is 0.264 e. The van der Waals surface area contributed by atoms with Crippen LogP contribution in [0.2, 0.25) is 0 Å². The summed E-state index contributed by atoms with van der Waals surface area (Å²) in [5.41, 5.74) is 2.68. The highest BCUT2D eigenvalue weighted by Crippen LogP contribution is 2.34. The molecule has 0 aromatic heterocycles. The quantitative estimate of drug-likeness (QED) is 0.173. The van der Waals surface area contributed by atoms with Crippen molar-refractivity contribution < 1.29 is 31.9 Å². The van der Waals surface area contributed by atoms with Crippen molar-refractivity contribution in [3.8, 4) is 11.5 Å². The van der Waals surface area contributed by atoms with Crippen molar-refractivity contribution in [2.24, 2.45) is 0 Å². The fourth-order valence-electron chi connectivity index (χ4n) is 5.51. The van der Waals surface area contributed by atoms with Crippen LogP contribution in [0.5, 0.6) is 11.5 Å². The van der Waals surface area contributed by atoms with Gasteiger partial charge in [0.1, 0.15) is 31.6 Å². The van der Waals surface area contributed by atoms with Gasteiger partial charge in [0.15, 0.2) is 11.5 Å². The second-order valence-corrected chi connectivity index (χ2v) is 13.5. The molecule has 0 spiro atoms. The van der Waals surface area contributed by atoms with E-state index in [1.165, 1.54) is 35.2 Å². The molecule has 48 heavy (non-hydrogen) atoms. The Morgan fingerprint density at radius 3 is 2.29 bits per heavy atom. The fourth-order valence-corrected chi connectivity index (χ4v) is 6.94. The lowest BCUT2D eigenvalue weighted by Gasteiger charge is -2.34. The van der Waals surface area contributed by atoms with Gasteiger partial charge in [-0.15, -0.1) is 0 Å². The SMILES string of the molecule is CCCCNC(=O)[C@H](Cc1ccccc1)N(Cc1cccc(C)c1)C(=O)CN(c1ccc(F)cc1)S(=O)(=O)c1ccc2c(c1)OCCO2. The summed E-state index contributed by atoms with van der Waals surface area (Å²) in [6.45, 7) is 4.39. The molecule has 2 amide bonds. The first-order valence-electron chi connectivity index (χ1n) is 16.0. The van der Waals surface area contributed by atoms with E-state index in [1.54, 1.807) is 0 Å². The molecule has 4 aromatic rings. The van der Waals surface area contributed by atoms with Gasteiger partial charge in [0, 0.05) is 25.6 Å². The Morgan fingerprint density at radius 1 is 0.875 bits per heavy atom. The number of amides is 2. The van der Waals surface area contributed by atoms with Gasteiger partial charge in [-0.25, -0.2) is 12.8 Å². The number of benzene rings is 4. The molecule has 0 aliphatic carbocycles. The van der Waals surface area contributed by atoms with Crippen molar-refractivity contribution in [2.45, 2.75) is 50.6 Å². The number of anilines is 1. The Kier molecular flexibility index (Phi) is 11.3. The monoisotopic (exact) mass is 673 g/mol. The molecule has 1 aliphatic rings. The van der Waals surface area contributed by atoms with Gasteiger partial charge in [0.05, 0.1) is 10.6 Å². The normalized spacial score (nSPS) is 13.0. The van der Waals surface area contributed by atoms with Crippen LogP contribution in [0.1, 0.15) is 36.5 Å². The highest BCUT2D eigenvalue weighted by Gasteiger charge is 2.35. The number of fused-ring (bicyclic) bond motifs is 1. The molecule has 1 heterocycles. The molecule has 1 N–H and O–H groups in total. The lowest BCUT2D eigenvalue weighted by atomic mass is 10.0. The van der Waals surface area contributed by atoms with E-state index in [9.17, 15) is 22.4 Å². The van der Waals surface area contributed by atoms with Gasteiger partial charge >= 0.3 is 0 Å². The summed E-state index contributed by atoms with van der Waals surface area (Å²) in [6, 6.07) is 25.2. The van der Waals surface area contributed by atoms with E-state index in [2.05, 4.69) is 5.32 Å². The van der Waals surface area contributed by atoms with Gasteiger partial charge in [-0.05, 0) is 60.9 Å². The molecule has 0 saturated heterocycles. The van der Waals surface area contributed by atoms with Crippen LogP contribution in [-0.4, -0.2) is 57.5 Å². The number of halogens is 1. The second-order valence-electron chi connectivity index (χ2n) is 11.7. The average Bonchev–Trinajstić information content (AvgIpc) is 3.09. The second kappa shape index (κ2) is 15.8. The maximum atomic E-state index is 14.6. The topological polar surface area (TPSA) is 105 Å². The molecular formula is C37H40FN3O6S. The average molecular weight is 674 g/mol. The lowest BCUT2D eigenvalue weighted by molar-refractivity contribution is -0.140. The number of sulfonamides is 1. The molecule has 0 saturated carbocycles. The van der Waals surface area contributed by atoms with E-state index in [0.717, 1.165) is 46.0 Å². The predicted molar refractivity (Wildman–Crippen MR) is 182 cm³/mol. The van der Waals surface area contributed by atoms with Crippen LogP contribution >= 0.6 is 0 Å². The van der Waals surface area contributed by atoms with Crippen molar-refractivity contribution in [1.82, 2.24) is 10.2 Å². The van der Waals surface area contributed by atoms with Crippen LogP contribution in [0.15, 0.2) is 102 Å². The van der Waals surface area contributed by atoms with Crippen molar-refractivity contribution in [3.63, 3.8) is 0 Å². The smallest absolute Gasteiger partial charge is 0.264 e. The number of rotatable bonds is 14. The van der Waals surface area contributed by atoms with Crippen LogP contribution in [-0.2, 0) is 32.6 Å². The molecule has 0 fully saturated rings. The minimum atomic E-state index is -4.40. The zero-order chi connectivity index (χ0) is 34.1. The highest BCUT2D eigenvalue weighted by atomic mass is 32.2. The van der Waals surface area contributed by atoms with Gasteiger partial charge < -0.3 is 19.7 Å². The zero-order valence-electron chi connectivity index (χ0n) is 27.1. The van der Waals surface area contributed by atoms with E-state index in [0.29, 0.717) is 18.9 Å². The third kappa shape index (κ3) is 8.51.